The molecule has 1 atom stereocenters. The van der Waals surface area contributed by atoms with Crippen molar-refractivity contribution in [1.29, 1.82) is 0 Å². The highest BCUT2D eigenvalue weighted by Gasteiger charge is 2.33. The molecular formula is C14H27N3O3. The Morgan fingerprint density at radius 1 is 1.45 bits per heavy atom. The van der Waals surface area contributed by atoms with E-state index in [1.807, 2.05) is 13.8 Å². The Balaban J connectivity index is 2.49. The van der Waals surface area contributed by atoms with Crippen LogP contribution >= 0.6 is 0 Å². The van der Waals surface area contributed by atoms with Crippen LogP contribution in [0.15, 0.2) is 5.16 Å². The number of nitrogens with one attached hydrogen (secondary N) is 1. The summed E-state index contributed by atoms with van der Waals surface area (Å²) in [6.07, 6.45) is 5.81. The highest BCUT2D eigenvalue weighted by atomic mass is 16.5. The molecule has 0 bridgehead atoms. The average Bonchev–Trinajstić information content (AvgIpc) is 2.51. The quantitative estimate of drug-likeness (QED) is 0.287. The van der Waals surface area contributed by atoms with Gasteiger partial charge < -0.3 is 21.0 Å². The van der Waals surface area contributed by atoms with E-state index in [0.29, 0.717) is 19.3 Å². The number of rotatable bonds is 7. The van der Waals surface area contributed by atoms with Crippen LogP contribution in [0.5, 0.6) is 0 Å². The number of hydrogen-bond donors (Lipinski definition) is 3. The number of hydrogen-bond acceptors (Lipinski definition) is 4. The van der Waals surface area contributed by atoms with Crippen LogP contribution < -0.4 is 11.1 Å². The van der Waals surface area contributed by atoms with E-state index in [0.717, 1.165) is 25.9 Å². The third-order valence-electron chi connectivity index (χ3n) is 4.15. The minimum absolute atomic E-state index is 0.0600. The fourth-order valence-electron chi connectivity index (χ4n) is 2.61. The van der Waals surface area contributed by atoms with Gasteiger partial charge in [0.05, 0.1) is 6.10 Å². The van der Waals surface area contributed by atoms with Crippen LogP contribution in [0.4, 0.5) is 0 Å². The number of amides is 1. The van der Waals surface area contributed by atoms with E-state index < -0.39 is 5.54 Å². The molecule has 1 aliphatic heterocycles. The predicted octanol–water partition coefficient (Wildman–Crippen LogP) is 1.76. The first-order chi connectivity index (χ1) is 9.57. The summed E-state index contributed by atoms with van der Waals surface area (Å²) in [5, 5.41) is 14.8. The van der Waals surface area contributed by atoms with E-state index in [1.54, 1.807) is 0 Å². The molecule has 6 heteroatoms. The lowest BCUT2D eigenvalue weighted by atomic mass is 9.91. The molecule has 1 heterocycles. The molecule has 0 radical (unpaired) electrons. The van der Waals surface area contributed by atoms with Gasteiger partial charge in [-0.2, -0.15) is 0 Å². The lowest BCUT2D eigenvalue weighted by molar-refractivity contribution is -0.123. The maximum atomic E-state index is 12.1. The number of amidine groups is 1. The van der Waals surface area contributed by atoms with Crippen molar-refractivity contribution in [2.45, 2.75) is 70.4 Å². The number of nitrogens with zero attached hydrogens (tertiary/aromatic N) is 1. The number of nitrogens with two attached hydrogens (primary N) is 1. The second kappa shape index (κ2) is 8.09. The molecule has 0 saturated carbocycles. The zero-order valence-electron chi connectivity index (χ0n) is 12.5. The standard InChI is InChI=1S/C14H27N3O3/c1-3-14(4-2,13(15)17-19)16-12(18)9-8-11-7-5-6-10-20-11/h11,19H,3-10H2,1-2H3,(H2,15,17)(H,16,18). The summed E-state index contributed by atoms with van der Waals surface area (Å²) in [6.45, 7) is 4.61. The van der Waals surface area contributed by atoms with Crippen molar-refractivity contribution in [2.24, 2.45) is 10.9 Å². The smallest absolute Gasteiger partial charge is 0.220 e. The summed E-state index contributed by atoms with van der Waals surface area (Å²) >= 11 is 0. The normalized spacial score (nSPS) is 20.7. The van der Waals surface area contributed by atoms with E-state index in [9.17, 15) is 4.79 Å². The summed E-state index contributed by atoms with van der Waals surface area (Å²) in [6, 6.07) is 0. The lowest BCUT2D eigenvalue weighted by Gasteiger charge is -2.31. The van der Waals surface area contributed by atoms with Crippen molar-refractivity contribution >= 4 is 11.7 Å². The fourth-order valence-corrected chi connectivity index (χ4v) is 2.61. The minimum Gasteiger partial charge on any atom is -0.409 e. The van der Waals surface area contributed by atoms with Gasteiger partial charge in [-0.25, -0.2) is 0 Å². The molecule has 6 nitrogen and oxygen atoms in total. The second-order valence-electron chi connectivity index (χ2n) is 5.35. The lowest BCUT2D eigenvalue weighted by Crippen LogP contribution is -2.56. The number of oxime groups is 1. The van der Waals surface area contributed by atoms with Gasteiger partial charge in [-0.3, -0.25) is 4.79 Å². The Hall–Kier alpha value is -1.30. The molecule has 20 heavy (non-hydrogen) atoms. The second-order valence-corrected chi connectivity index (χ2v) is 5.35. The molecule has 0 aromatic rings. The number of carbonyl (C=O) groups is 1. The Morgan fingerprint density at radius 2 is 2.15 bits per heavy atom. The maximum Gasteiger partial charge on any atom is 0.220 e. The largest absolute Gasteiger partial charge is 0.409 e. The topological polar surface area (TPSA) is 96.9 Å². The van der Waals surface area contributed by atoms with Crippen LogP contribution in [0.25, 0.3) is 0 Å². The van der Waals surface area contributed by atoms with Crippen LogP contribution in [0.3, 0.4) is 0 Å². The third kappa shape index (κ3) is 4.37. The summed E-state index contributed by atoms with van der Waals surface area (Å²) in [5.41, 5.74) is 4.97. The third-order valence-corrected chi connectivity index (χ3v) is 4.15. The van der Waals surface area contributed by atoms with Crippen molar-refractivity contribution in [3.63, 3.8) is 0 Å². The highest BCUT2D eigenvalue weighted by molar-refractivity contribution is 5.93. The van der Waals surface area contributed by atoms with Crippen LogP contribution in [0, 0.1) is 0 Å². The first-order valence-electron chi connectivity index (χ1n) is 7.48. The molecule has 1 rings (SSSR count). The van der Waals surface area contributed by atoms with Crippen molar-refractivity contribution in [2.75, 3.05) is 6.61 Å². The summed E-state index contributed by atoms with van der Waals surface area (Å²) in [4.78, 5) is 12.1. The SMILES string of the molecule is CCC(CC)(NC(=O)CCC1CCCCO1)C(N)=NO. The van der Waals surface area contributed by atoms with Crippen LogP contribution in [-0.4, -0.2) is 35.2 Å². The van der Waals surface area contributed by atoms with E-state index in [2.05, 4.69) is 10.5 Å². The van der Waals surface area contributed by atoms with Gasteiger partial charge in [0.1, 0.15) is 5.54 Å². The average molecular weight is 285 g/mol. The maximum absolute atomic E-state index is 12.1. The van der Waals surface area contributed by atoms with Gasteiger partial charge in [0.15, 0.2) is 5.84 Å². The zero-order valence-corrected chi connectivity index (χ0v) is 12.5. The summed E-state index contributed by atoms with van der Waals surface area (Å²) in [7, 11) is 0. The number of carbonyl (C=O) groups excluding carboxylic acids is 1. The van der Waals surface area contributed by atoms with E-state index in [-0.39, 0.29) is 17.8 Å². The fraction of sp³-hybridized carbons (Fsp3) is 0.857. The Kier molecular flexibility index (Phi) is 6.78. The van der Waals surface area contributed by atoms with E-state index >= 15 is 0 Å². The number of ether oxygens (including phenoxy) is 1. The van der Waals surface area contributed by atoms with Gasteiger partial charge in [-0.15, -0.1) is 0 Å². The Labute approximate surface area is 120 Å². The van der Waals surface area contributed by atoms with Gasteiger partial charge in [0.2, 0.25) is 5.91 Å². The monoisotopic (exact) mass is 285 g/mol. The Morgan fingerprint density at radius 3 is 2.65 bits per heavy atom. The van der Waals surface area contributed by atoms with Crippen LogP contribution in [0.2, 0.25) is 0 Å². The summed E-state index contributed by atoms with van der Waals surface area (Å²) < 4.78 is 5.61. The van der Waals surface area contributed by atoms with Gasteiger partial charge in [-0.1, -0.05) is 19.0 Å². The van der Waals surface area contributed by atoms with Crippen molar-refractivity contribution in [1.82, 2.24) is 5.32 Å². The predicted molar refractivity (Wildman–Crippen MR) is 77.7 cm³/mol. The molecule has 0 aromatic carbocycles. The Bertz CT molecular complexity index is 335. The first kappa shape index (κ1) is 16.8. The highest BCUT2D eigenvalue weighted by Crippen LogP contribution is 2.19. The zero-order chi connectivity index (χ0) is 15.0. The molecule has 0 aliphatic carbocycles. The molecule has 1 aliphatic rings. The summed E-state index contributed by atoms with van der Waals surface area (Å²) in [5.74, 6) is -0.0146. The van der Waals surface area contributed by atoms with Gasteiger partial charge in [0.25, 0.3) is 0 Å². The van der Waals surface area contributed by atoms with Crippen molar-refractivity contribution in [3.8, 4) is 0 Å². The molecule has 1 unspecified atom stereocenters. The first-order valence-corrected chi connectivity index (χ1v) is 7.48. The molecule has 116 valence electrons. The van der Waals surface area contributed by atoms with Crippen LogP contribution in [-0.2, 0) is 9.53 Å². The van der Waals surface area contributed by atoms with E-state index in [1.165, 1.54) is 6.42 Å². The van der Waals surface area contributed by atoms with Gasteiger partial charge >= 0.3 is 0 Å². The van der Waals surface area contributed by atoms with E-state index in [4.69, 9.17) is 15.7 Å². The van der Waals surface area contributed by atoms with Crippen LogP contribution in [0.1, 0.15) is 58.8 Å². The molecule has 1 amide bonds. The minimum atomic E-state index is -0.751. The molecule has 0 spiro atoms. The molecular weight excluding hydrogens is 258 g/mol. The van der Waals surface area contributed by atoms with Gasteiger partial charge in [-0.05, 0) is 38.5 Å². The van der Waals surface area contributed by atoms with Crippen molar-refractivity contribution in [3.05, 3.63) is 0 Å². The molecule has 0 aromatic heterocycles. The van der Waals surface area contributed by atoms with Crippen molar-refractivity contribution < 1.29 is 14.7 Å². The molecule has 1 saturated heterocycles. The molecule has 1 fully saturated rings. The van der Waals surface area contributed by atoms with Gasteiger partial charge in [0, 0.05) is 13.0 Å². The molecule has 4 N–H and O–H groups in total.